The summed E-state index contributed by atoms with van der Waals surface area (Å²) in [6, 6.07) is 3.92. The number of nitrogens with zero attached hydrogens (tertiary/aromatic N) is 3. The molecule has 3 aromatic rings. The summed E-state index contributed by atoms with van der Waals surface area (Å²) in [6.07, 6.45) is 8.07. The molecule has 3 N–H and O–H groups in total. The number of amides is 1. The van der Waals surface area contributed by atoms with E-state index < -0.39 is 17.5 Å². The summed E-state index contributed by atoms with van der Waals surface area (Å²) in [7, 11) is 0. The van der Waals surface area contributed by atoms with Crippen LogP contribution in [0.3, 0.4) is 0 Å². The highest BCUT2D eigenvalue weighted by Crippen LogP contribution is 2.28. The summed E-state index contributed by atoms with van der Waals surface area (Å²) in [4.78, 5) is 38.8. The molecule has 0 atom stereocenters. The lowest BCUT2D eigenvalue weighted by Gasteiger charge is -2.26. The third kappa shape index (κ3) is 5.72. The number of likely N-dealkylation sites (tertiary alicyclic amines) is 1. The number of hydrogen-bond acceptors (Lipinski definition) is 6. The highest BCUT2D eigenvalue weighted by Gasteiger charge is 2.22. The van der Waals surface area contributed by atoms with Crippen molar-refractivity contribution < 1.29 is 14.0 Å². The van der Waals surface area contributed by atoms with Gasteiger partial charge in [-0.1, -0.05) is 29.6 Å². The van der Waals surface area contributed by atoms with Crippen LogP contribution in [0.5, 0.6) is 0 Å². The van der Waals surface area contributed by atoms with Crippen LogP contribution in [0.2, 0.25) is 10.0 Å². The zero-order chi connectivity index (χ0) is 24.1. The number of ketones is 1. The molecular formula is C23H23Cl2FN6O2. The first-order chi connectivity index (χ1) is 16.4. The quantitative estimate of drug-likeness (QED) is 0.305. The van der Waals surface area contributed by atoms with Crippen molar-refractivity contribution in [1.82, 2.24) is 19.9 Å². The van der Waals surface area contributed by atoms with Gasteiger partial charge in [0.2, 0.25) is 5.95 Å². The normalized spacial score (nSPS) is 14.1. The number of benzene rings is 1. The zero-order valence-electron chi connectivity index (χ0n) is 18.2. The van der Waals surface area contributed by atoms with Crippen LogP contribution in [-0.2, 0) is 0 Å². The predicted octanol–water partition coefficient (Wildman–Crippen LogP) is 4.63. The summed E-state index contributed by atoms with van der Waals surface area (Å²) in [5.74, 6) is -1.63. The molecule has 1 aliphatic rings. The maximum Gasteiger partial charge on any atom is 0.272 e. The van der Waals surface area contributed by atoms with Gasteiger partial charge in [0.1, 0.15) is 5.69 Å². The van der Waals surface area contributed by atoms with Crippen LogP contribution in [0.1, 0.15) is 45.7 Å². The van der Waals surface area contributed by atoms with E-state index in [4.69, 9.17) is 23.2 Å². The molecule has 1 aliphatic heterocycles. The number of halogens is 3. The van der Waals surface area contributed by atoms with E-state index in [9.17, 15) is 14.0 Å². The SMILES string of the molecule is O=C(Nc1cnc(NCCN2CCCCC2)nc1)c1cc(C(=O)c2c(Cl)ccc(Cl)c2F)c[nH]1. The molecular weight excluding hydrogens is 482 g/mol. The second kappa shape index (κ2) is 10.9. The van der Waals surface area contributed by atoms with Gasteiger partial charge < -0.3 is 20.5 Å². The minimum absolute atomic E-state index is 0.0673. The van der Waals surface area contributed by atoms with Crippen molar-refractivity contribution >= 4 is 46.5 Å². The Hall–Kier alpha value is -3.01. The van der Waals surface area contributed by atoms with E-state index in [-0.39, 0.29) is 26.9 Å². The maximum atomic E-state index is 14.3. The Morgan fingerprint density at radius 1 is 1.09 bits per heavy atom. The fraction of sp³-hybridized carbons (Fsp3) is 0.304. The van der Waals surface area contributed by atoms with Crippen molar-refractivity contribution in [3.63, 3.8) is 0 Å². The van der Waals surface area contributed by atoms with Gasteiger partial charge in [-0.05, 0) is 44.1 Å². The number of rotatable bonds is 8. The van der Waals surface area contributed by atoms with E-state index in [0.29, 0.717) is 11.6 Å². The van der Waals surface area contributed by atoms with Crippen LogP contribution in [-0.4, -0.2) is 57.7 Å². The Labute approximate surface area is 205 Å². The molecule has 11 heteroatoms. The summed E-state index contributed by atoms with van der Waals surface area (Å²) >= 11 is 11.7. The van der Waals surface area contributed by atoms with Crippen molar-refractivity contribution in [2.24, 2.45) is 0 Å². The predicted molar refractivity (Wildman–Crippen MR) is 129 cm³/mol. The fourth-order valence-electron chi connectivity index (χ4n) is 3.73. The Kier molecular flexibility index (Phi) is 7.77. The Morgan fingerprint density at radius 2 is 1.79 bits per heavy atom. The number of nitrogens with one attached hydrogen (secondary N) is 3. The lowest BCUT2D eigenvalue weighted by Crippen LogP contribution is -2.33. The number of carbonyl (C=O) groups excluding carboxylic acids is 2. The fourth-order valence-corrected chi connectivity index (χ4v) is 4.12. The summed E-state index contributed by atoms with van der Waals surface area (Å²) in [6.45, 7) is 3.92. The molecule has 3 heterocycles. The van der Waals surface area contributed by atoms with Crippen molar-refractivity contribution in [2.45, 2.75) is 19.3 Å². The molecule has 2 aromatic heterocycles. The molecule has 178 valence electrons. The molecule has 1 amide bonds. The molecule has 4 rings (SSSR count). The number of hydrogen-bond donors (Lipinski definition) is 3. The number of H-pyrrole nitrogens is 1. The molecule has 1 fully saturated rings. The Morgan fingerprint density at radius 3 is 2.53 bits per heavy atom. The Bertz CT molecular complexity index is 1180. The van der Waals surface area contributed by atoms with Gasteiger partial charge in [0.05, 0.1) is 33.7 Å². The number of piperidine rings is 1. The molecule has 0 radical (unpaired) electrons. The molecule has 0 saturated carbocycles. The van der Waals surface area contributed by atoms with Crippen LogP contribution in [0, 0.1) is 5.82 Å². The smallest absolute Gasteiger partial charge is 0.272 e. The number of aromatic amines is 1. The molecule has 0 unspecified atom stereocenters. The van der Waals surface area contributed by atoms with E-state index >= 15 is 0 Å². The molecule has 34 heavy (non-hydrogen) atoms. The van der Waals surface area contributed by atoms with Gasteiger partial charge in [0.25, 0.3) is 5.91 Å². The molecule has 0 bridgehead atoms. The van der Waals surface area contributed by atoms with Crippen molar-refractivity contribution in [3.05, 3.63) is 69.5 Å². The van der Waals surface area contributed by atoms with Gasteiger partial charge in [-0.3, -0.25) is 9.59 Å². The topological polar surface area (TPSA) is 103 Å². The van der Waals surface area contributed by atoms with Crippen LogP contribution in [0.15, 0.2) is 36.8 Å². The van der Waals surface area contributed by atoms with Gasteiger partial charge in [-0.25, -0.2) is 14.4 Å². The third-order valence-electron chi connectivity index (χ3n) is 5.53. The molecule has 1 saturated heterocycles. The van der Waals surface area contributed by atoms with Crippen LogP contribution >= 0.6 is 23.2 Å². The lowest BCUT2D eigenvalue weighted by molar-refractivity contribution is 0.102. The first-order valence-corrected chi connectivity index (χ1v) is 11.6. The molecule has 0 aliphatic carbocycles. The largest absolute Gasteiger partial charge is 0.356 e. The first-order valence-electron chi connectivity index (χ1n) is 10.9. The highest BCUT2D eigenvalue weighted by atomic mass is 35.5. The summed E-state index contributed by atoms with van der Waals surface area (Å²) in [5.41, 5.74) is 0.207. The average Bonchev–Trinajstić information content (AvgIpc) is 3.34. The van der Waals surface area contributed by atoms with Crippen LogP contribution in [0.4, 0.5) is 16.0 Å². The van der Waals surface area contributed by atoms with Crippen LogP contribution < -0.4 is 10.6 Å². The minimum Gasteiger partial charge on any atom is -0.356 e. The second-order valence-corrected chi connectivity index (χ2v) is 8.74. The van der Waals surface area contributed by atoms with Gasteiger partial charge in [-0.2, -0.15) is 0 Å². The molecule has 0 spiro atoms. The summed E-state index contributed by atoms with van der Waals surface area (Å²) < 4.78 is 14.3. The second-order valence-electron chi connectivity index (χ2n) is 7.93. The van der Waals surface area contributed by atoms with Crippen LogP contribution in [0.25, 0.3) is 0 Å². The standard InChI is InChI=1S/C23H23Cl2FN6O2/c24-16-4-5-17(25)20(26)19(16)21(33)14-10-18(28-11-14)22(34)31-15-12-29-23(30-13-15)27-6-9-32-7-2-1-3-8-32/h4-5,10-13,28H,1-3,6-9H2,(H,31,34)(H,27,29,30). The van der Waals surface area contributed by atoms with Gasteiger partial charge in [-0.15, -0.1) is 0 Å². The van der Waals surface area contributed by atoms with E-state index in [1.54, 1.807) is 0 Å². The van der Waals surface area contributed by atoms with Crippen molar-refractivity contribution in [3.8, 4) is 0 Å². The first kappa shape index (κ1) is 24.1. The monoisotopic (exact) mass is 504 g/mol. The van der Waals surface area contributed by atoms with Gasteiger partial charge >= 0.3 is 0 Å². The maximum absolute atomic E-state index is 14.3. The van der Waals surface area contributed by atoms with E-state index in [1.807, 2.05) is 0 Å². The van der Waals surface area contributed by atoms with E-state index in [0.717, 1.165) is 26.2 Å². The highest BCUT2D eigenvalue weighted by molar-refractivity contribution is 6.37. The van der Waals surface area contributed by atoms with Gasteiger partial charge in [0, 0.05) is 24.8 Å². The summed E-state index contributed by atoms with van der Waals surface area (Å²) in [5, 5.41) is 5.55. The average molecular weight is 505 g/mol. The van der Waals surface area contributed by atoms with Gasteiger partial charge in [0.15, 0.2) is 11.6 Å². The molecule has 1 aromatic carbocycles. The third-order valence-corrected chi connectivity index (χ3v) is 6.14. The zero-order valence-corrected chi connectivity index (χ0v) is 19.7. The molecule has 8 nitrogen and oxygen atoms in total. The van der Waals surface area contributed by atoms with Crippen molar-refractivity contribution in [1.29, 1.82) is 0 Å². The Balaban J connectivity index is 1.34. The van der Waals surface area contributed by atoms with Crippen molar-refractivity contribution in [2.75, 3.05) is 36.8 Å². The number of carbonyl (C=O) groups is 2. The lowest BCUT2D eigenvalue weighted by atomic mass is 10.0. The number of anilines is 2. The number of aromatic nitrogens is 3. The minimum atomic E-state index is -0.909. The van der Waals surface area contributed by atoms with E-state index in [1.165, 1.54) is 56.1 Å². The van der Waals surface area contributed by atoms with E-state index in [2.05, 4.69) is 30.5 Å².